The van der Waals surface area contributed by atoms with Crippen molar-refractivity contribution in [1.82, 2.24) is 4.57 Å². The molecule has 6 heteroatoms. The van der Waals surface area contributed by atoms with Gasteiger partial charge in [0.05, 0.1) is 5.69 Å². The molecule has 0 atom stereocenters. The van der Waals surface area contributed by atoms with Gasteiger partial charge in [-0.2, -0.15) is 0 Å². The molecule has 114 valence electrons. The predicted octanol–water partition coefficient (Wildman–Crippen LogP) is 2.17. The molecule has 0 aliphatic rings. The molecule has 0 bridgehead atoms. The zero-order chi connectivity index (χ0) is 16.4. The third-order valence-corrected chi connectivity index (χ3v) is 3.33. The van der Waals surface area contributed by atoms with Crippen LogP contribution in [0, 0.1) is 12.7 Å². The van der Waals surface area contributed by atoms with Crippen molar-refractivity contribution in [3.05, 3.63) is 58.7 Å². The van der Waals surface area contributed by atoms with E-state index in [1.165, 1.54) is 29.0 Å². The van der Waals surface area contributed by atoms with Crippen LogP contribution < -0.4 is 0 Å². The van der Waals surface area contributed by atoms with E-state index >= 15 is 0 Å². The maximum Gasteiger partial charge on any atom is 0.377 e. The minimum atomic E-state index is -1.57. The SMILES string of the molecule is Cc1cc(CC(=O)c2cc(C(=O)C(=O)O)cn2C)ccc1F. The minimum absolute atomic E-state index is 0.0413. The predicted molar refractivity (Wildman–Crippen MR) is 76.6 cm³/mol. The van der Waals surface area contributed by atoms with Crippen LogP contribution in [0.25, 0.3) is 0 Å². The highest BCUT2D eigenvalue weighted by molar-refractivity contribution is 6.40. The van der Waals surface area contributed by atoms with Gasteiger partial charge in [-0.15, -0.1) is 0 Å². The van der Waals surface area contributed by atoms with Crippen molar-refractivity contribution in [2.75, 3.05) is 0 Å². The summed E-state index contributed by atoms with van der Waals surface area (Å²) >= 11 is 0. The van der Waals surface area contributed by atoms with Crippen LogP contribution in [-0.4, -0.2) is 27.2 Å². The van der Waals surface area contributed by atoms with Crippen molar-refractivity contribution in [3.8, 4) is 0 Å². The number of aryl methyl sites for hydroxylation is 2. The van der Waals surface area contributed by atoms with Crippen LogP contribution >= 0.6 is 0 Å². The highest BCUT2D eigenvalue weighted by Crippen LogP contribution is 2.14. The Bertz CT molecular complexity index is 776. The lowest BCUT2D eigenvalue weighted by molar-refractivity contribution is -0.131. The summed E-state index contributed by atoms with van der Waals surface area (Å²) in [5.41, 5.74) is 1.27. The van der Waals surface area contributed by atoms with Gasteiger partial charge < -0.3 is 9.67 Å². The van der Waals surface area contributed by atoms with Gasteiger partial charge in [-0.25, -0.2) is 9.18 Å². The van der Waals surface area contributed by atoms with Crippen LogP contribution in [0.4, 0.5) is 4.39 Å². The molecule has 0 aliphatic carbocycles. The van der Waals surface area contributed by atoms with Crippen molar-refractivity contribution >= 4 is 17.5 Å². The lowest BCUT2D eigenvalue weighted by Crippen LogP contribution is -2.11. The van der Waals surface area contributed by atoms with Crippen molar-refractivity contribution in [1.29, 1.82) is 0 Å². The number of benzene rings is 1. The first-order valence-electron chi connectivity index (χ1n) is 6.52. The van der Waals surface area contributed by atoms with Crippen LogP contribution in [-0.2, 0) is 18.3 Å². The zero-order valence-corrected chi connectivity index (χ0v) is 12.1. The lowest BCUT2D eigenvalue weighted by atomic mass is 10.0. The van der Waals surface area contributed by atoms with Gasteiger partial charge in [0, 0.05) is 25.2 Å². The van der Waals surface area contributed by atoms with E-state index in [4.69, 9.17) is 5.11 Å². The number of aliphatic carboxylic acids is 1. The summed E-state index contributed by atoms with van der Waals surface area (Å²) in [6, 6.07) is 5.66. The number of nitrogens with zero attached hydrogens (tertiary/aromatic N) is 1. The van der Waals surface area contributed by atoms with Crippen molar-refractivity contribution in [3.63, 3.8) is 0 Å². The number of hydrogen-bond donors (Lipinski definition) is 1. The maximum atomic E-state index is 13.2. The highest BCUT2D eigenvalue weighted by Gasteiger charge is 2.20. The molecule has 0 fully saturated rings. The Labute approximate surface area is 126 Å². The summed E-state index contributed by atoms with van der Waals surface area (Å²) in [6.45, 7) is 1.61. The molecular formula is C16H14FNO4. The van der Waals surface area contributed by atoms with Crippen LogP contribution in [0.15, 0.2) is 30.5 Å². The fraction of sp³-hybridized carbons (Fsp3) is 0.188. The second-order valence-corrected chi connectivity index (χ2v) is 5.04. The van der Waals surface area contributed by atoms with E-state index in [-0.39, 0.29) is 29.3 Å². The first kappa shape index (κ1) is 15.6. The van der Waals surface area contributed by atoms with E-state index in [1.807, 2.05) is 0 Å². The van der Waals surface area contributed by atoms with E-state index in [0.29, 0.717) is 11.1 Å². The van der Waals surface area contributed by atoms with Crippen molar-refractivity contribution < 1.29 is 23.9 Å². The minimum Gasteiger partial charge on any atom is -0.475 e. The Hall–Kier alpha value is -2.76. The Morgan fingerprint density at radius 3 is 2.50 bits per heavy atom. The summed E-state index contributed by atoms with van der Waals surface area (Å²) in [7, 11) is 1.56. The molecule has 1 aromatic carbocycles. The molecule has 0 aliphatic heterocycles. The molecule has 0 radical (unpaired) electrons. The van der Waals surface area contributed by atoms with E-state index in [1.54, 1.807) is 20.0 Å². The molecule has 0 spiro atoms. The molecule has 0 saturated heterocycles. The molecule has 2 rings (SSSR count). The Balaban J connectivity index is 2.24. The second kappa shape index (κ2) is 5.93. The maximum absolute atomic E-state index is 13.2. The average Bonchev–Trinajstić information content (AvgIpc) is 2.84. The summed E-state index contributed by atoms with van der Waals surface area (Å²) in [6.07, 6.45) is 1.35. The third-order valence-electron chi connectivity index (χ3n) is 3.33. The van der Waals surface area contributed by atoms with Crippen LogP contribution in [0.2, 0.25) is 0 Å². The standard InChI is InChI=1S/C16H14FNO4/c1-9-5-10(3-4-12(9)17)6-14(19)13-7-11(8-18(13)2)15(20)16(21)22/h3-5,7-8H,6H2,1-2H3,(H,21,22). The summed E-state index contributed by atoms with van der Waals surface area (Å²) in [5.74, 6) is -3.26. The Morgan fingerprint density at radius 1 is 1.23 bits per heavy atom. The molecule has 1 heterocycles. The number of hydrogen-bond acceptors (Lipinski definition) is 3. The summed E-state index contributed by atoms with van der Waals surface area (Å²) in [4.78, 5) is 34.3. The van der Waals surface area contributed by atoms with Gasteiger partial charge in [0.25, 0.3) is 5.78 Å². The molecular weight excluding hydrogens is 289 g/mol. The molecule has 1 N–H and O–H groups in total. The molecule has 22 heavy (non-hydrogen) atoms. The first-order chi connectivity index (χ1) is 10.3. The van der Waals surface area contributed by atoms with E-state index in [9.17, 15) is 18.8 Å². The number of carboxylic acids is 1. The fourth-order valence-electron chi connectivity index (χ4n) is 2.18. The van der Waals surface area contributed by atoms with Crippen molar-refractivity contribution in [2.24, 2.45) is 7.05 Å². The van der Waals surface area contributed by atoms with Crippen LogP contribution in [0.5, 0.6) is 0 Å². The molecule has 2 aromatic rings. The van der Waals surface area contributed by atoms with Gasteiger partial charge in [-0.3, -0.25) is 9.59 Å². The Morgan fingerprint density at radius 2 is 1.91 bits per heavy atom. The number of aromatic nitrogens is 1. The van der Waals surface area contributed by atoms with E-state index < -0.39 is 11.8 Å². The number of carboxylic acid groups (broad SMARTS) is 1. The lowest BCUT2D eigenvalue weighted by Gasteiger charge is -2.04. The molecule has 0 unspecified atom stereocenters. The van der Waals surface area contributed by atoms with Gasteiger partial charge in [0.15, 0.2) is 5.78 Å². The molecule has 1 aromatic heterocycles. The number of ketones is 2. The highest BCUT2D eigenvalue weighted by atomic mass is 19.1. The number of rotatable bonds is 5. The third kappa shape index (κ3) is 3.11. The molecule has 5 nitrogen and oxygen atoms in total. The largest absolute Gasteiger partial charge is 0.475 e. The number of halogens is 1. The fourth-order valence-corrected chi connectivity index (χ4v) is 2.18. The summed E-state index contributed by atoms with van der Waals surface area (Å²) in [5, 5.41) is 8.69. The van der Waals surface area contributed by atoms with Gasteiger partial charge in [0.2, 0.25) is 0 Å². The van der Waals surface area contributed by atoms with Gasteiger partial charge >= 0.3 is 5.97 Å². The molecule has 0 amide bonds. The quantitative estimate of drug-likeness (QED) is 0.678. The van der Waals surface area contributed by atoms with Gasteiger partial charge in [-0.05, 0) is 30.2 Å². The van der Waals surface area contributed by atoms with E-state index in [2.05, 4.69) is 0 Å². The van der Waals surface area contributed by atoms with Gasteiger partial charge in [-0.1, -0.05) is 12.1 Å². The van der Waals surface area contributed by atoms with Gasteiger partial charge in [0.1, 0.15) is 5.82 Å². The average molecular weight is 303 g/mol. The number of carbonyl (C=O) groups excluding carboxylic acids is 2. The number of Topliss-reactive ketones (excluding diaryl/α,β-unsaturated/α-hetero) is 2. The smallest absolute Gasteiger partial charge is 0.377 e. The second-order valence-electron chi connectivity index (χ2n) is 5.04. The topological polar surface area (TPSA) is 76.4 Å². The van der Waals surface area contributed by atoms with E-state index in [0.717, 1.165) is 0 Å². The van der Waals surface area contributed by atoms with Crippen LogP contribution in [0.3, 0.4) is 0 Å². The molecule has 0 saturated carbocycles. The zero-order valence-electron chi connectivity index (χ0n) is 12.1. The van der Waals surface area contributed by atoms with Crippen molar-refractivity contribution in [2.45, 2.75) is 13.3 Å². The first-order valence-corrected chi connectivity index (χ1v) is 6.52. The normalized spacial score (nSPS) is 10.5. The van der Waals surface area contributed by atoms with Crippen LogP contribution in [0.1, 0.15) is 32.0 Å². The Kier molecular flexibility index (Phi) is 4.21. The number of carbonyl (C=O) groups is 3. The monoisotopic (exact) mass is 303 g/mol. The summed E-state index contributed by atoms with van der Waals surface area (Å²) < 4.78 is 14.6.